The fourth-order valence-electron chi connectivity index (χ4n) is 1.09. The molecule has 78 valence electrons. The van der Waals surface area contributed by atoms with Crippen LogP contribution in [0.4, 0.5) is 0 Å². The van der Waals surface area contributed by atoms with Gasteiger partial charge in [-0.2, -0.15) is 5.26 Å². The second kappa shape index (κ2) is 5.76. The van der Waals surface area contributed by atoms with Crippen molar-refractivity contribution in [3.05, 3.63) is 30.1 Å². The van der Waals surface area contributed by atoms with Crippen molar-refractivity contribution in [3.8, 4) is 6.07 Å². The van der Waals surface area contributed by atoms with Crippen LogP contribution in [0.5, 0.6) is 0 Å². The number of nitriles is 1. The van der Waals surface area contributed by atoms with Crippen LogP contribution in [-0.2, 0) is 11.2 Å². The van der Waals surface area contributed by atoms with E-state index in [4.69, 9.17) is 5.26 Å². The summed E-state index contributed by atoms with van der Waals surface area (Å²) >= 11 is 0. The van der Waals surface area contributed by atoms with Gasteiger partial charge < -0.3 is 5.32 Å². The monoisotopic (exact) mass is 203 g/mol. The summed E-state index contributed by atoms with van der Waals surface area (Å²) in [6, 6.07) is 5.70. The van der Waals surface area contributed by atoms with Gasteiger partial charge in [0.15, 0.2) is 0 Å². The molecule has 0 radical (unpaired) electrons. The highest BCUT2D eigenvalue weighted by Gasteiger charge is 2.09. The number of amides is 1. The van der Waals surface area contributed by atoms with Gasteiger partial charge in [-0.15, -0.1) is 0 Å². The standard InChI is InChI=1S/C11H13N3O/c1-9(7-12)11(15)14-6-4-10-3-2-5-13-8-10/h2-3,5,8-9H,4,6H2,1H3,(H,14,15). The van der Waals surface area contributed by atoms with E-state index in [0.29, 0.717) is 6.54 Å². The van der Waals surface area contributed by atoms with Crippen LogP contribution in [-0.4, -0.2) is 17.4 Å². The molecule has 0 spiro atoms. The summed E-state index contributed by atoms with van der Waals surface area (Å²) in [6.07, 6.45) is 4.21. The number of nitrogens with one attached hydrogen (secondary N) is 1. The number of carbonyl (C=O) groups excluding carboxylic acids is 1. The highest BCUT2D eigenvalue weighted by molar-refractivity contribution is 5.80. The summed E-state index contributed by atoms with van der Waals surface area (Å²) in [6.45, 7) is 2.12. The summed E-state index contributed by atoms with van der Waals surface area (Å²) in [4.78, 5) is 15.2. The van der Waals surface area contributed by atoms with E-state index >= 15 is 0 Å². The first kappa shape index (κ1) is 11.2. The summed E-state index contributed by atoms with van der Waals surface area (Å²) in [5.41, 5.74) is 1.07. The molecule has 0 aliphatic rings. The van der Waals surface area contributed by atoms with Crippen molar-refractivity contribution in [1.29, 1.82) is 5.26 Å². The van der Waals surface area contributed by atoms with Crippen LogP contribution < -0.4 is 5.32 Å². The molecule has 1 aromatic rings. The lowest BCUT2D eigenvalue weighted by atomic mass is 10.2. The third kappa shape index (κ3) is 3.77. The molecular weight excluding hydrogens is 190 g/mol. The minimum atomic E-state index is -0.584. The van der Waals surface area contributed by atoms with E-state index in [1.165, 1.54) is 0 Å². The first-order valence-electron chi connectivity index (χ1n) is 4.80. The van der Waals surface area contributed by atoms with Crippen LogP contribution in [0.25, 0.3) is 0 Å². The molecule has 1 amide bonds. The van der Waals surface area contributed by atoms with Crippen molar-refractivity contribution in [2.75, 3.05) is 6.54 Å². The molecule has 0 aromatic carbocycles. The van der Waals surface area contributed by atoms with Crippen molar-refractivity contribution in [2.45, 2.75) is 13.3 Å². The van der Waals surface area contributed by atoms with Gasteiger partial charge in [0.25, 0.3) is 0 Å². The normalized spacial score (nSPS) is 11.5. The van der Waals surface area contributed by atoms with E-state index in [1.54, 1.807) is 19.3 Å². The maximum absolute atomic E-state index is 11.2. The van der Waals surface area contributed by atoms with Gasteiger partial charge in [-0.3, -0.25) is 9.78 Å². The molecule has 0 aliphatic carbocycles. The Morgan fingerprint density at radius 1 is 1.73 bits per heavy atom. The third-order valence-electron chi connectivity index (χ3n) is 2.02. The summed E-state index contributed by atoms with van der Waals surface area (Å²) in [5.74, 6) is -0.805. The Hall–Kier alpha value is -1.89. The lowest BCUT2D eigenvalue weighted by Gasteiger charge is -2.05. The zero-order valence-electron chi connectivity index (χ0n) is 8.60. The first-order valence-corrected chi connectivity index (χ1v) is 4.80. The molecule has 4 heteroatoms. The van der Waals surface area contributed by atoms with Crippen LogP contribution in [0, 0.1) is 17.2 Å². The second-order valence-electron chi connectivity index (χ2n) is 3.25. The van der Waals surface area contributed by atoms with Gasteiger partial charge in [0.2, 0.25) is 5.91 Å². The maximum atomic E-state index is 11.2. The Kier molecular flexibility index (Phi) is 4.30. The molecule has 4 nitrogen and oxygen atoms in total. The maximum Gasteiger partial charge on any atom is 0.237 e. The van der Waals surface area contributed by atoms with Crippen molar-refractivity contribution >= 4 is 5.91 Å². The molecule has 0 saturated heterocycles. The van der Waals surface area contributed by atoms with E-state index < -0.39 is 5.92 Å². The number of aromatic nitrogens is 1. The number of rotatable bonds is 4. The van der Waals surface area contributed by atoms with Gasteiger partial charge in [-0.1, -0.05) is 6.07 Å². The van der Waals surface area contributed by atoms with Gasteiger partial charge in [-0.25, -0.2) is 0 Å². The third-order valence-corrected chi connectivity index (χ3v) is 2.02. The zero-order chi connectivity index (χ0) is 11.1. The molecule has 15 heavy (non-hydrogen) atoms. The van der Waals surface area contributed by atoms with E-state index in [-0.39, 0.29) is 5.91 Å². The quantitative estimate of drug-likeness (QED) is 0.790. The number of carbonyl (C=O) groups is 1. The van der Waals surface area contributed by atoms with Crippen molar-refractivity contribution < 1.29 is 4.79 Å². The van der Waals surface area contributed by atoms with E-state index in [9.17, 15) is 4.79 Å². The molecule has 1 atom stereocenters. The average Bonchev–Trinajstić information content (AvgIpc) is 2.29. The lowest BCUT2D eigenvalue weighted by molar-refractivity contribution is -0.122. The van der Waals surface area contributed by atoms with Gasteiger partial charge in [-0.05, 0) is 25.0 Å². The molecule has 1 heterocycles. The minimum absolute atomic E-state index is 0.221. The second-order valence-corrected chi connectivity index (χ2v) is 3.25. The number of pyridine rings is 1. The van der Waals surface area contributed by atoms with Crippen LogP contribution >= 0.6 is 0 Å². The van der Waals surface area contributed by atoms with Gasteiger partial charge >= 0.3 is 0 Å². The molecule has 0 bridgehead atoms. The molecule has 1 unspecified atom stereocenters. The molecule has 1 N–H and O–H groups in total. The predicted molar refractivity (Wildman–Crippen MR) is 55.7 cm³/mol. The van der Waals surface area contributed by atoms with Gasteiger partial charge in [0.1, 0.15) is 5.92 Å². The summed E-state index contributed by atoms with van der Waals surface area (Å²) in [7, 11) is 0. The summed E-state index contributed by atoms with van der Waals surface area (Å²) in [5, 5.41) is 11.2. The number of hydrogen-bond acceptors (Lipinski definition) is 3. The Labute approximate surface area is 88.9 Å². The smallest absolute Gasteiger partial charge is 0.237 e. The van der Waals surface area contributed by atoms with Gasteiger partial charge in [0.05, 0.1) is 6.07 Å². The molecule has 1 aromatic heterocycles. The molecule has 0 saturated carbocycles. The predicted octanol–water partition coefficient (Wildman–Crippen LogP) is 0.900. The van der Waals surface area contributed by atoms with E-state index in [1.807, 2.05) is 18.2 Å². The molecule has 0 aliphatic heterocycles. The number of hydrogen-bond donors (Lipinski definition) is 1. The molecule has 0 fully saturated rings. The van der Waals surface area contributed by atoms with Crippen molar-refractivity contribution in [1.82, 2.24) is 10.3 Å². The van der Waals surface area contributed by atoms with Crippen LogP contribution in [0.3, 0.4) is 0 Å². The highest BCUT2D eigenvalue weighted by Crippen LogP contribution is 1.96. The Bertz CT molecular complexity index is 356. The average molecular weight is 203 g/mol. The van der Waals surface area contributed by atoms with Crippen molar-refractivity contribution in [3.63, 3.8) is 0 Å². The number of nitrogens with zero attached hydrogens (tertiary/aromatic N) is 2. The fraction of sp³-hybridized carbons (Fsp3) is 0.364. The highest BCUT2D eigenvalue weighted by atomic mass is 16.1. The summed E-state index contributed by atoms with van der Waals surface area (Å²) < 4.78 is 0. The Morgan fingerprint density at radius 2 is 2.53 bits per heavy atom. The van der Waals surface area contributed by atoms with Crippen molar-refractivity contribution in [2.24, 2.45) is 5.92 Å². The van der Waals surface area contributed by atoms with Gasteiger partial charge in [0, 0.05) is 18.9 Å². The lowest BCUT2D eigenvalue weighted by Crippen LogP contribution is -2.30. The van der Waals surface area contributed by atoms with Crippen LogP contribution in [0.1, 0.15) is 12.5 Å². The topological polar surface area (TPSA) is 65.8 Å². The molecular formula is C11H13N3O. The first-order chi connectivity index (χ1) is 7.24. The minimum Gasteiger partial charge on any atom is -0.355 e. The zero-order valence-corrected chi connectivity index (χ0v) is 8.60. The molecule has 1 rings (SSSR count). The van der Waals surface area contributed by atoms with Crippen LogP contribution in [0.15, 0.2) is 24.5 Å². The Morgan fingerprint density at radius 3 is 3.13 bits per heavy atom. The van der Waals surface area contributed by atoms with Crippen LogP contribution in [0.2, 0.25) is 0 Å². The SMILES string of the molecule is CC(C#N)C(=O)NCCc1cccnc1. The fourth-order valence-corrected chi connectivity index (χ4v) is 1.09. The van der Waals surface area contributed by atoms with E-state index in [0.717, 1.165) is 12.0 Å². The Balaban J connectivity index is 2.29. The largest absolute Gasteiger partial charge is 0.355 e. The van der Waals surface area contributed by atoms with E-state index in [2.05, 4.69) is 10.3 Å².